The van der Waals surface area contributed by atoms with Gasteiger partial charge in [0.2, 0.25) is 0 Å². The van der Waals surface area contributed by atoms with Crippen LogP contribution >= 0.6 is 0 Å². The van der Waals surface area contributed by atoms with Crippen LogP contribution in [0.4, 0.5) is 0 Å². The number of rotatable bonds is 6. The number of methoxy groups -OCH3 is 1. The molecule has 0 aliphatic carbocycles. The van der Waals surface area contributed by atoms with Gasteiger partial charge in [-0.3, -0.25) is 0 Å². The maximum atomic E-state index is 5.67. The summed E-state index contributed by atoms with van der Waals surface area (Å²) < 4.78 is 10.6. The van der Waals surface area contributed by atoms with E-state index in [9.17, 15) is 0 Å². The number of hydrogen-bond donors (Lipinski definition) is 1. The maximum Gasteiger partial charge on any atom is 0.195 e. The van der Waals surface area contributed by atoms with Crippen LogP contribution in [0.25, 0.3) is 0 Å². The van der Waals surface area contributed by atoms with Crippen LogP contribution in [-0.2, 0) is 16.6 Å². The van der Waals surface area contributed by atoms with Crippen molar-refractivity contribution < 1.29 is 9.15 Å². The van der Waals surface area contributed by atoms with Crippen molar-refractivity contribution in [2.75, 3.05) is 26.8 Å². The van der Waals surface area contributed by atoms with Crippen molar-refractivity contribution in [1.82, 2.24) is 10.3 Å². The van der Waals surface area contributed by atoms with Gasteiger partial charge in [-0.25, -0.2) is 4.98 Å². The van der Waals surface area contributed by atoms with Gasteiger partial charge in [-0.1, -0.05) is 20.8 Å². The predicted molar refractivity (Wildman–Crippen MR) is 63.7 cm³/mol. The van der Waals surface area contributed by atoms with E-state index in [1.807, 2.05) is 6.20 Å². The molecule has 1 rings (SSSR count). The van der Waals surface area contributed by atoms with E-state index in [2.05, 4.69) is 31.1 Å². The van der Waals surface area contributed by atoms with Gasteiger partial charge in [0.05, 0.1) is 12.8 Å². The lowest BCUT2D eigenvalue weighted by Gasteiger charge is -2.13. The molecule has 1 aromatic rings. The van der Waals surface area contributed by atoms with Crippen molar-refractivity contribution >= 4 is 0 Å². The molecular formula is C12H22N2O2. The molecule has 0 radical (unpaired) electrons. The molecule has 0 aliphatic rings. The zero-order valence-corrected chi connectivity index (χ0v) is 10.7. The summed E-state index contributed by atoms with van der Waals surface area (Å²) in [7, 11) is 1.70. The van der Waals surface area contributed by atoms with E-state index < -0.39 is 0 Å². The van der Waals surface area contributed by atoms with Crippen LogP contribution in [0.5, 0.6) is 0 Å². The summed E-state index contributed by atoms with van der Waals surface area (Å²) in [5, 5.41) is 3.26. The van der Waals surface area contributed by atoms with Gasteiger partial charge >= 0.3 is 0 Å². The summed E-state index contributed by atoms with van der Waals surface area (Å²) in [6, 6.07) is 0. The Bertz CT molecular complexity index is 302. The Kier molecular flexibility index (Phi) is 4.96. The summed E-state index contributed by atoms with van der Waals surface area (Å²) >= 11 is 0. The normalized spacial score (nSPS) is 12.0. The summed E-state index contributed by atoms with van der Waals surface area (Å²) in [6.45, 7) is 8.83. The van der Waals surface area contributed by atoms with Crippen molar-refractivity contribution in [1.29, 1.82) is 0 Å². The summed E-state index contributed by atoms with van der Waals surface area (Å²) in [5.74, 6) is 1.74. The van der Waals surface area contributed by atoms with Crippen molar-refractivity contribution in [2.45, 2.75) is 32.6 Å². The largest absolute Gasteiger partial charge is 0.445 e. The molecule has 0 aromatic carbocycles. The Morgan fingerprint density at radius 2 is 2.12 bits per heavy atom. The lowest BCUT2D eigenvalue weighted by Crippen LogP contribution is -2.21. The number of nitrogens with zero attached hydrogens (tertiary/aromatic N) is 1. The minimum Gasteiger partial charge on any atom is -0.445 e. The van der Waals surface area contributed by atoms with Crippen LogP contribution in [0.15, 0.2) is 10.6 Å². The van der Waals surface area contributed by atoms with Gasteiger partial charge in [-0.2, -0.15) is 0 Å². The van der Waals surface area contributed by atoms with Gasteiger partial charge in [-0.05, 0) is 0 Å². The third-order valence-electron chi connectivity index (χ3n) is 2.29. The number of hydrogen-bond acceptors (Lipinski definition) is 4. The average molecular weight is 226 g/mol. The Balaban J connectivity index is 2.30. The molecule has 16 heavy (non-hydrogen) atoms. The first-order valence-electron chi connectivity index (χ1n) is 5.69. The zero-order chi connectivity index (χ0) is 12.0. The Hall–Kier alpha value is -0.870. The van der Waals surface area contributed by atoms with Crippen molar-refractivity contribution in [3.8, 4) is 0 Å². The quantitative estimate of drug-likeness (QED) is 0.751. The molecule has 0 spiro atoms. The number of oxazole rings is 1. The molecule has 4 nitrogen and oxygen atoms in total. The molecule has 1 aromatic heterocycles. The fourth-order valence-electron chi connectivity index (χ4n) is 1.27. The molecule has 0 amide bonds. The van der Waals surface area contributed by atoms with E-state index >= 15 is 0 Å². The van der Waals surface area contributed by atoms with Crippen molar-refractivity contribution in [2.24, 2.45) is 0 Å². The van der Waals surface area contributed by atoms with E-state index in [1.165, 1.54) is 0 Å². The molecule has 1 heterocycles. The van der Waals surface area contributed by atoms with Crippen molar-refractivity contribution in [3.63, 3.8) is 0 Å². The first-order valence-corrected chi connectivity index (χ1v) is 5.69. The monoisotopic (exact) mass is 226 g/mol. The SMILES string of the molecule is COCCNCCc1ncc(C(C)(C)C)o1. The first-order chi connectivity index (χ1) is 7.54. The van der Waals surface area contributed by atoms with Crippen LogP contribution in [0, 0.1) is 0 Å². The van der Waals surface area contributed by atoms with E-state index in [0.29, 0.717) is 0 Å². The van der Waals surface area contributed by atoms with Gasteiger partial charge in [0.1, 0.15) is 5.76 Å². The summed E-state index contributed by atoms with van der Waals surface area (Å²) in [4.78, 5) is 4.26. The molecule has 0 atom stereocenters. The van der Waals surface area contributed by atoms with E-state index in [4.69, 9.17) is 9.15 Å². The second kappa shape index (κ2) is 6.01. The molecule has 0 aliphatic heterocycles. The molecule has 0 unspecified atom stereocenters. The van der Waals surface area contributed by atoms with Crippen LogP contribution in [0.3, 0.4) is 0 Å². The van der Waals surface area contributed by atoms with E-state index in [1.54, 1.807) is 7.11 Å². The molecule has 1 N–H and O–H groups in total. The number of nitrogens with one attached hydrogen (secondary N) is 1. The third kappa shape index (κ3) is 4.33. The number of aromatic nitrogens is 1. The highest BCUT2D eigenvalue weighted by Crippen LogP contribution is 2.22. The highest BCUT2D eigenvalue weighted by atomic mass is 16.5. The Morgan fingerprint density at radius 3 is 2.69 bits per heavy atom. The molecule has 92 valence electrons. The van der Waals surface area contributed by atoms with Crippen LogP contribution in [0.2, 0.25) is 0 Å². The van der Waals surface area contributed by atoms with Gasteiger partial charge in [0.25, 0.3) is 0 Å². The molecule has 0 fully saturated rings. The molecule has 0 bridgehead atoms. The van der Waals surface area contributed by atoms with E-state index in [0.717, 1.165) is 37.8 Å². The van der Waals surface area contributed by atoms with Gasteiger partial charge in [0.15, 0.2) is 5.89 Å². The fraction of sp³-hybridized carbons (Fsp3) is 0.750. The molecule has 4 heteroatoms. The van der Waals surface area contributed by atoms with Gasteiger partial charge in [-0.15, -0.1) is 0 Å². The highest BCUT2D eigenvalue weighted by Gasteiger charge is 2.18. The molecule has 0 saturated carbocycles. The first kappa shape index (κ1) is 13.2. The Labute approximate surface area is 97.4 Å². The third-order valence-corrected chi connectivity index (χ3v) is 2.29. The standard InChI is InChI=1S/C12H22N2O2/c1-12(2,3)10-9-14-11(16-10)5-6-13-7-8-15-4/h9,13H,5-8H2,1-4H3. The second-order valence-electron chi connectivity index (χ2n) is 4.86. The summed E-state index contributed by atoms with van der Waals surface area (Å²) in [5.41, 5.74) is 0.0364. The lowest BCUT2D eigenvalue weighted by atomic mass is 9.94. The minimum absolute atomic E-state index is 0.0364. The van der Waals surface area contributed by atoms with Crippen LogP contribution in [-0.4, -0.2) is 31.8 Å². The average Bonchev–Trinajstić information content (AvgIpc) is 2.65. The zero-order valence-electron chi connectivity index (χ0n) is 10.7. The van der Waals surface area contributed by atoms with Gasteiger partial charge in [0, 0.05) is 32.0 Å². The predicted octanol–water partition coefficient (Wildman–Crippen LogP) is 1.75. The fourth-order valence-corrected chi connectivity index (χ4v) is 1.27. The maximum absolute atomic E-state index is 5.67. The number of ether oxygens (including phenoxy) is 1. The molecular weight excluding hydrogens is 204 g/mol. The van der Waals surface area contributed by atoms with Gasteiger partial charge < -0.3 is 14.5 Å². The van der Waals surface area contributed by atoms with Crippen molar-refractivity contribution in [3.05, 3.63) is 17.8 Å². The topological polar surface area (TPSA) is 47.3 Å². The highest BCUT2D eigenvalue weighted by molar-refractivity contribution is 5.06. The Morgan fingerprint density at radius 1 is 1.38 bits per heavy atom. The second-order valence-corrected chi connectivity index (χ2v) is 4.86. The minimum atomic E-state index is 0.0364. The van der Waals surface area contributed by atoms with Crippen LogP contribution < -0.4 is 5.32 Å². The molecule has 0 saturated heterocycles. The lowest BCUT2D eigenvalue weighted by molar-refractivity contribution is 0.199. The van der Waals surface area contributed by atoms with Crippen LogP contribution in [0.1, 0.15) is 32.4 Å². The smallest absolute Gasteiger partial charge is 0.195 e. The summed E-state index contributed by atoms with van der Waals surface area (Å²) in [6.07, 6.45) is 2.64. The van der Waals surface area contributed by atoms with E-state index in [-0.39, 0.29) is 5.41 Å².